The fraction of sp³-hybridized carbons (Fsp3) is 0.571. The third kappa shape index (κ3) is 3.99. The minimum atomic E-state index is 0.177. The van der Waals surface area contributed by atoms with Crippen molar-refractivity contribution < 1.29 is 4.74 Å². The summed E-state index contributed by atoms with van der Waals surface area (Å²) in [6.45, 7) is 5.25. The largest absolute Gasteiger partial charge is 0.374 e. The first-order valence-electron chi connectivity index (χ1n) is 7.46. The van der Waals surface area contributed by atoms with E-state index in [1.165, 1.54) is 0 Å². The molecule has 2 aromatic heterocycles. The first-order chi connectivity index (χ1) is 10.8. The first kappa shape index (κ1) is 14.9. The number of ether oxygens (including phenoxy) is 1. The maximum Gasteiger partial charge on any atom is 0.151 e. The average Bonchev–Trinajstić information content (AvgIpc) is 3.08. The van der Waals surface area contributed by atoms with Crippen molar-refractivity contribution in [1.82, 2.24) is 29.9 Å². The summed E-state index contributed by atoms with van der Waals surface area (Å²) in [5, 5.41) is 12.2. The number of rotatable bonds is 6. The lowest BCUT2D eigenvalue weighted by molar-refractivity contribution is -0.0247. The van der Waals surface area contributed by atoms with Crippen LogP contribution in [0, 0.1) is 0 Å². The molecule has 0 N–H and O–H groups in total. The highest BCUT2D eigenvalue weighted by Crippen LogP contribution is 2.11. The van der Waals surface area contributed by atoms with Crippen molar-refractivity contribution in [3.8, 4) is 0 Å². The van der Waals surface area contributed by atoms with Crippen LogP contribution in [0.15, 0.2) is 31.0 Å². The normalized spacial score (nSPS) is 19.2. The second kappa shape index (κ2) is 7.28. The van der Waals surface area contributed by atoms with Crippen molar-refractivity contribution in [2.24, 2.45) is 0 Å². The summed E-state index contributed by atoms with van der Waals surface area (Å²) in [5.74, 6) is 0.867. The van der Waals surface area contributed by atoms with Crippen LogP contribution in [-0.2, 0) is 11.3 Å². The predicted octanol–water partition coefficient (Wildman–Crippen LogP) is -0.0947. The van der Waals surface area contributed by atoms with Crippen LogP contribution in [0.25, 0.3) is 0 Å². The Labute approximate surface area is 129 Å². The Kier molecular flexibility index (Phi) is 4.92. The van der Waals surface area contributed by atoms with Gasteiger partial charge in [0.05, 0.1) is 19.3 Å². The van der Waals surface area contributed by atoms with Gasteiger partial charge in [-0.2, -0.15) is 10.2 Å². The van der Waals surface area contributed by atoms with Gasteiger partial charge in [-0.1, -0.05) is 0 Å². The van der Waals surface area contributed by atoms with Gasteiger partial charge in [0, 0.05) is 39.4 Å². The number of anilines is 1. The molecule has 8 nitrogen and oxygen atoms in total. The van der Waals surface area contributed by atoms with Crippen molar-refractivity contribution in [3.05, 3.63) is 31.0 Å². The highest BCUT2D eigenvalue weighted by Gasteiger charge is 2.22. The molecule has 1 atom stereocenters. The third-order valence-electron chi connectivity index (χ3n) is 3.76. The maximum absolute atomic E-state index is 5.87. The predicted molar refractivity (Wildman–Crippen MR) is 81.5 cm³/mol. The van der Waals surface area contributed by atoms with Crippen LogP contribution in [0.2, 0.25) is 0 Å². The Bertz CT molecular complexity index is 548. The molecule has 1 aliphatic rings. The number of hydrogen-bond donors (Lipinski definition) is 0. The molecule has 0 aromatic carbocycles. The Morgan fingerprint density at radius 2 is 2.36 bits per heavy atom. The molecule has 0 saturated carbocycles. The van der Waals surface area contributed by atoms with E-state index in [1.807, 2.05) is 23.9 Å². The number of likely N-dealkylation sites (N-methyl/N-ethyl adjacent to an activating group) is 1. The monoisotopic (exact) mass is 303 g/mol. The van der Waals surface area contributed by atoms with Crippen LogP contribution in [0.3, 0.4) is 0 Å². The molecule has 8 heteroatoms. The molecule has 22 heavy (non-hydrogen) atoms. The van der Waals surface area contributed by atoms with Crippen LogP contribution >= 0.6 is 0 Å². The summed E-state index contributed by atoms with van der Waals surface area (Å²) in [6, 6.07) is 3.85. The zero-order valence-electron chi connectivity index (χ0n) is 12.7. The van der Waals surface area contributed by atoms with E-state index in [-0.39, 0.29) is 6.10 Å². The summed E-state index contributed by atoms with van der Waals surface area (Å²) in [7, 11) is 2.02. The second-order valence-electron chi connectivity index (χ2n) is 5.41. The fourth-order valence-electron chi connectivity index (χ4n) is 2.58. The van der Waals surface area contributed by atoms with E-state index in [4.69, 9.17) is 4.74 Å². The first-order valence-corrected chi connectivity index (χ1v) is 7.46. The molecule has 3 rings (SSSR count). The lowest BCUT2D eigenvalue weighted by atomic mass is 10.2. The Balaban J connectivity index is 1.48. The van der Waals surface area contributed by atoms with Gasteiger partial charge in [-0.05, 0) is 12.1 Å². The molecule has 0 bridgehead atoms. The van der Waals surface area contributed by atoms with Gasteiger partial charge < -0.3 is 9.64 Å². The van der Waals surface area contributed by atoms with Gasteiger partial charge in [0.15, 0.2) is 5.82 Å². The third-order valence-corrected chi connectivity index (χ3v) is 3.76. The van der Waals surface area contributed by atoms with Gasteiger partial charge in [-0.3, -0.25) is 9.58 Å². The summed E-state index contributed by atoms with van der Waals surface area (Å²) >= 11 is 0. The van der Waals surface area contributed by atoms with E-state index in [0.29, 0.717) is 0 Å². The minimum Gasteiger partial charge on any atom is -0.374 e. The Morgan fingerprint density at radius 1 is 1.41 bits per heavy atom. The summed E-state index contributed by atoms with van der Waals surface area (Å²) in [5.41, 5.74) is 0. The molecular weight excluding hydrogens is 282 g/mol. The zero-order chi connectivity index (χ0) is 15.2. The van der Waals surface area contributed by atoms with Gasteiger partial charge >= 0.3 is 0 Å². The average molecular weight is 303 g/mol. The molecule has 0 aliphatic carbocycles. The smallest absolute Gasteiger partial charge is 0.151 e. The van der Waals surface area contributed by atoms with Crippen LogP contribution in [-0.4, -0.2) is 75.8 Å². The molecule has 118 valence electrons. The molecule has 1 fully saturated rings. The molecule has 1 unspecified atom stereocenters. The number of hydrogen-bond acceptors (Lipinski definition) is 7. The topological polar surface area (TPSA) is 72.2 Å². The van der Waals surface area contributed by atoms with Crippen molar-refractivity contribution in [2.75, 3.05) is 44.7 Å². The number of nitrogens with zero attached hydrogens (tertiary/aromatic N) is 7. The zero-order valence-corrected chi connectivity index (χ0v) is 12.7. The highest BCUT2D eigenvalue weighted by molar-refractivity contribution is 5.35. The quantitative estimate of drug-likeness (QED) is 0.738. The van der Waals surface area contributed by atoms with E-state index in [0.717, 1.165) is 45.1 Å². The SMILES string of the molecule is CN(CC1CN(CCn2cncn2)CCO1)c1cccnn1. The lowest BCUT2D eigenvalue weighted by Crippen LogP contribution is -2.48. The molecular formula is C14H21N7O. The van der Waals surface area contributed by atoms with Crippen molar-refractivity contribution >= 4 is 5.82 Å². The van der Waals surface area contributed by atoms with E-state index < -0.39 is 0 Å². The van der Waals surface area contributed by atoms with Gasteiger partial charge in [-0.25, -0.2) is 4.98 Å². The fourth-order valence-corrected chi connectivity index (χ4v) is 2.58. The van der Waals surface area contributed by atoms with Gasteiger partial charge in [0.25, 0.3) is 0 Å². The van der Waals surface area contributed by atoms with Gasteiger partial charge in [0.1, 0.15) is 12.7 Å². The van der Waals surface area contributed by atoms with Crippen molar-refractivity contribution in [2.45, 2.75) is 12.6 Å². The van der Waals surface area contributed by atoms with E-state index in [1.54, 1.807) is 18.9 Å². The van der Waals surface area contributed by atoms with Crippen molar-refractivity contribution in [1.29, 1.82) is 0 Å². The molecule has 0 amide bonds. The Hall–Kier alpha value is -2.06. The maximum atomic E-state index is 5.87. The van der Waals surface area contributed by atoms with Crippen molar-refractivity contribution in [3.63, 3.8) is 0 Å². The summed E-state index contributed by atoms with van der Waals surface area (Å²) in [4.78, 5) is 8.45. The molecule has 1 saturated heterocycles. The van der Waals surface area contributed by atoms with Crippen LogP contribution in [0.5, 0.6) is 0 Å². The standard InChI is InChI=1S/C14H21N7O/c1-19(14-3-2-4-16-18-14)9-13-10-20(7-8-22-13)5-6-21-12-15-11-17-21/h2-4,11-13H,5-10H2,1H3. The van der Waals surface area contributed by atoms with Crippen LogP contribution in [0.4, 0.5) is 5.82 Å². The summed E-state index contributed by atoms with van der Waals surface area (Å²) in [6.07, 6.45) is 5.18. The minimum absolute atomic E-state index is 0.177. The molecule has 1 aliphatic heterocycles. The van der Waals surface area contributed by atoms with E-state index in [2.05, 4.69) is 30.1 Å². The van der Waals surface area contributed by atoms with E-state index >= 15 is 0 Å². The van der Waals surface area contributed by atoms with Gasteiger partial charge in [-0.15, -0.1) is 5.10 Å². The van der Waals surface area contributed by atoms with Crippen LogP contribution < -0.4 is 4.90 Å². The highest BCUT2D eigenvalue weighted by atomic mass is 16.5. The van der Waals surface area contributed by atoms with Gasteiger partial charge in [0.2, 0.25) is 0 Å². The number of aromatic nitrogens is 5. The Morgan fingerprint density at radius 3 is 3.14 bits per heavy atom. The lowest BCUT2D eigenvalue weighted by Gasteiger charge is -2.34. The number of morpholine rings is 1. The molecule has 3 heterocycles. The second-order valence-corrected chi connectivity index (χ2v) is 5.41. The molecule has 0 spiro atoms. The molecule has 0 radical (unpaired) electrons. The van der Waals surface area contributed by atoms with E-state index in [9.17, 15) is 0 Å². The molecule has 2 aromatic rings. The summed E-state index contributed by atoms with van der Waals surface area (Å²) < 4.78 is 7.73. The van der Waals surface area contributed by atoms with Crippen LogP contribution in [0.1, 0.15) is 0 Å².